The molecule has 0 N–H and O–H groups in total. The van der Waals surface area contributed by atoms with E-state index in [0.717, 1.165) is 30.6 Å². The maximum Gasteiger partial charge on any atom is 0.230 e. The van der Waals surface area contributed by atoms with Gasteiger partial charge >= 0.3 is 0 Å². The molecule has 4 rings (SSSR count). The number of hydrogen-bond donors (Lipinski definition) is 0. The summed E-state index contributed by atoms with van der Waals surface area (Å²) in [7, 11) is 0. The molecule has 0 unspecified atom stereocenters. The van der Waals surface area contributed by atoms with Crippen LogP contribution in [0.4, 0.5) is 0 Å². The summed E-state index contributed by atoms with van der Waals surface area (Å²) < 4.78 is 11.3. The normalized spacial score (nSPS) is 15.2. The topological polar surface area (TPSA) is 63.0 Å². The van der Waals surface area contributed by atoms with Crippen LogP contribution in [0.3, 0.4) is 0 Å². The predicted octanol–water partition coefficient (Wildman–Crippen LogP) is 4.71. The Morgan fingerprint density at radius 2 is 1.76 bits per heavy atom. The quantitative estimate of drug-likeness (QED) is 0.467. The highest BCUT2D eigenvalue weighted by atomic mass is 35.5. The molecule has 2 heterocycles. The minimum absolute atomic E-state index is 0.107. The van der Waals surface area contributed by atoms with Crippen LogP contribution < -0.4 is 10.2 Å². The van der Waals surface area contributed by atoms with Gasteiger partial charge in [-0.3, -0.25) is 14.5 Å². The van der Waals surface area contributed by atoms with Crippen molar-refractivity contribution in [1.82, 2.24) is 9.80 Å². The number of carbonyl (C=O) groups excluding carboxylic acids is 1. The Morgan fingerprint density at radius 1 is 1.06 bits per heavy atom. The lowest BCUT2D eigenvalue weighted by atomic mass is 9.95. The molecule has 2 aromatic carbocycles. The SMILES string of the molecule is CC[C@@H](C(=O)N1CCN(Cc2cc(=O)c(OCc3ccccc3Cl)co2)CC1)c1ccccc1. The highest BCUT2D eigenvalue weighted by Gasteiger charge is 2.27. The summed E-state index contributed by atoms with van der Waals surface area (Å²) in [5, 5.41) is 0.593. The highest BCUT2D eigenvalue weighted by Crippen LogP contribution is 2.23. The van der Waals surface area contributed by atoms with Crippen molar-refractivity contribution in [2.45, 2.75) is 32.4 Å². The third-order valence-electron chi connectivity index (χ3n) is 6.16. The van der Waals surface area contributed by atoms with Crippen LogP contribution in [0, 0.1) is 0 Å². The minimum Gasteiger partial charge on any atom is -0.482 e. The average Bonchev–Trinajstić information content (AvgIpc) is 2.86. The summed E-state index contributed by atoms with van der Waals surface area (Å²) in [6.45, 7) is 5.53. The smallest absolute Gasteiger partial charge is 0.230 e. The number of piperazine rings is 1. The molecule has 6 nitrogen and oxygen atoms in total. The lowest BCUT2D eigenvalue weighted by Crippen LogP contribution is -2.49. The van der Waals surface area contributed by atoms with Crippen molar-refractivity contribution in [3.8, 4) is 5.75 Å². The fourth-order valence-corrected chi connectivity index (χ4v) is 4.39. The van der Waals surface area contributed by atoms with E-state index in [-0.39, 0.29) is 29.6 Å². The first-order valence-electron chi connectivity index (χ1n) is 11.6. The Balaban J connectivity index is 1.30. The van der Waals surface area contributed by atoms with Crippen molar-refractivity contribution in [1.29, 1.82) is 0 Å². The summed E-state index contributed by atoms with van der Waals surface area (Å²) in [5.74, 6) is 0.806. The molecule has 1 fully saturated rings. The van der Waals surface area contributed by atoms with E-state index in [0.29, 0.717) is 30.4 Å². The third-order valence-corrected chi connectivity index (χ3v) is 6.53. The van der Waals surface area contributed by atoms with Gasteiger partial charge in [0.05, 0.1) is 12.5 Å². The summed E-state index contributed by atoms with van der Waals surface area (Å²) in [6, 6.07) is 18.8. The summed E-state index contributed by atoms with van der Waals surface area (Å²) in [6.07, 6.45) is 2.14. The number of halogens is 1. The molecule has 34 heavy (non-hydrogen) atoms. The van der Waals surface area contributed by atoms with Crippen LogP contribution in [0.1, 0.15) is 36.1 Å². The van der Waals surface area contributed by atoms with Gasteiger partial charge in [-0.25, -0.2) is 0 Å². The van der Waals surface area contributed by atoms with Gasteiger partial charge < -0.3 is 14.1 Å². The van der Waals surface area contributed by atoms with Gasteiger partial charge in [-0.2, -0.15) is 0 Å². The van der Waals surface area contributed by atoms with Gasteiger partial charge in [-0.15, -0.1) is 0 Å². The van der Waals surface area contributed by atoms with E-state index in [9.17, 15) is 9.59 Å². The zero-order chi connectivity index (χ0) is 23.9. The van der Waals surface area contributed by atoms with E-state index in [4.69, 9.17) is 20.8 Å². The van der Waals surface area contributed by atoms with E-state index in [1.165, 1.54) is 12.3 Å². The Hall–Kier alpha value is -3.09. The van der Waals surface area contributed by atoms with Crippen LogP contribution in [0.2, 0.25) is 5.02 Å². The predicted molar refractivity (Wildman–Crippen MR) is 132 cm³/mol. The Kier molecular flexibility index (Phi) is 8.03. The van der Waals surface area contributed by atoms with Gasteiger partial charge in [-0.1, -0.05) is 67.1 Å². The van der Waals surface area contributed by atoms with Gasteiger partial charge in [0.15, 0.2) is 0 Å². The first-order chi connectivity index (χ1) is 16.5. The molecule has 7 heteroatoms. The van der Waals surface area contributed by atoms with Crippen LogP contribution in [0.15, 0.2) is 76.1 Å². The second kappa shape index (κ2) is 11.4. The molecule has 1 atom stereocenters. The zero-order valence-corrected chi connectivity index (χ0v) is 20.0. The van der Waals surface area contributed by atoms with E-state index in [1.54, 1.807) is 6.07 Å². The number of rotatable bonds is 8. The Morgan fingerprint density at radius 3 is 2.44 bits per heavy atom. The first-order valence-corrected chi connectivity index (χ1v) is 12.0. The minimum atomic E-state index is -0.226. The molecule has 1 aromatic heterocycles. The van der Waals surface area contributed by atoms with Gasteiger partial charge in [0, 0.05) is 42.8 Å². The van der Waals surface area contributed by atoms with E-state index in [1.807, 2.05) is 53.4 Å². The lowest BCUT2D eigenvalue weighted by Gasteiger charge is -2.36. The molecule has 178 valence electrons. The van der Waals surface area contributed by atoms with Crippen LogP contribution >= 0.6 is 11.6 Å². The number of carbonyl (C=O) groups is 1. The van der Waals surface area contributed by atoms with Crippen LogP contribution in [-0.4, -0.2) is 41.9 Å². The Bertz CT molecular complexity index is 1160. The molecule has 0 aliphatic carbocycles. The van der Waals surface area contributed by atoms with Crippen molar-refractivity contribution < 1.29 is 13.9 Å². The lowest BCUT2D eigenvalue weighted by molar-refractivity contribution is -0.134. The average molecular weight is 481 g/mol. The number of ether oxygens (including phenoxy) is 1. The first kappa shape index (κ1) is 24.0. The van der Waals surface area contributed by atoms with E-state index >= 15 is 0 Å². The van der Waals surface area contributed by atoms with Crippen LogP contribution in [0.25, 0.3) is 0 Å². The summed E-state index contributed by atoms with van der Waals surface area (Å²) in [4.78, 5) is 29.7. The van der Waals surface area contributed by atoms with Gasteiger partial charge in [0.25, 0.3) is 0 Å². The molecule has 0 spiro atoms. The standard InChI is InChI=1S/C27H29ClN2O4/c1-2-23(20-8-4-3-5-9-20)27(32)30-14-12-29(13-15-30)17-22-16-25(31)26(19-33-22)34-18-21-10-6-7-11-24(21)28/h3-11,16,19,23H,2,12-15,17-18H2,1H3/t23-/m1/s1. The molecule has 1 aliphatic heterocycles. The van der Waals surface area contributed by atoms with Crippen molar-refractivity contribution in [3.05, 3.63) is 99.1 Å². The second-order valence-corrected chi connectivity index (χ2v) is 8.84. The Labute approximate surface area is 204 Å². The van der Waals surface area contributed by atoms with Gasteiger partial charge in [-0.05, 0) is 18.1 Å². The number of amides is 1. The van der Waals surface area contributed by atoms with Crippen molar-refractivity contribution in [2.75, 3.05) is 26.2 Å². The number of benzene rings is 2. The molecular formula is C27H29ClN2O4. The molecule has 0 radical (unpaired) electrons. The van der Waals surface area contributed by atoms with Crippen molar-refractivity contribution in [3.63, 3.8) is 0 Å². The molecule has 0 bridgehead atoms. The fraction of sp³-hybridized carbons (Fsp3) is 0.333. The highest BCUT2D eigenvalue weighted by molar-refractivity contribution is 6.31. The monoisotopic (exact) mass is 480 g/mol. The molecule has 1 aliphatic rings. The van der Waals surface area contributed by atoms with E-state index < -0.39 is 0 Å². The largest absolute Gasteiger partial charge is 0.482 e. The summed E-state index contributed by atoms with van der Waals surface area (Å²) in [5.41, 5.74) is 1.64. The zero-order valence-electron chi connectivity index (χ0n) is 19.3. The maximum atomic E-state index is 13.1. The van der Waals surface area contributed by atoms with E-state index in [2.05, 4.69) is 11.8 Å². The maximum absolute atomic E-state index is 13.1. The van der Waals surface area contributed by atoms with Gasteiger partial charge in [0.1, 0.15) is 18.6 Å². The van der Waals surface area contributed by atoms with Crippen molar-refractivity contribution in [2.24, 2.45) is 0 Å². The molecule has 1 amide bonds. The fourth-order valence-electron chi connectivity index (χ4n) is 4.20. The molecular weight excluding hydrogens is 452 g/mol. The number of nitrogens with zero attached hydrogens (tertiary/aromatic N) is 2. The third kappa shape index (κ3) is 5.88. The summed E-state index contributed by atoms with van der Waals surface area (Å²) >= 11 is 6.14. The molecule has 3 aromatic rings. The van der Waals surface area contributed by atoms with Gasteiger partial charge in [0.2, 0.25) is 17.1 Å². The number of hydrogen-bond acceptors (Lipinski definition) is 5. The molecule has 0 saturated carbocycles. The molecule has 1 saturated heterocycles. The van der Waals surface area contributed by atoms with Crippen LogP contribution in [-0.2, 0) is 17.9 Å². The van der Waals surface area contributed by atoms with Crippen molar-refractivity contribution >= 4 is 17.5 Å². The second-order valence-electron chi connectivity index (χ2n) is 8.43. The van der Waals surface area contributed by atoms with Crippen LogP contribution in [0.5, 0.6) is 5.75 Å².